The number of amides is 1. The topological polar surface area (TPSA) is 45.7 Å². The van der Waals surface area contributed by atoms with Gasteiger partial charge in [-0.1, -0.05) is 49.5 Å². The monoisotopic (exact) mass is 427 g/mol. The van der Waals surface area contributed by atoms with Crippen LogP contribution in [0.25, 0.3) is 17.0 Å². The lowest BCUT2D eigenvalue weighted by Crippen LogP contribution is -2.37. The van der Waals surface area contributed by atoms with E-state index in [4.69, 9.17) is 21.9 Å². The van der Waals surface area contributed by atoms with Gasteiger partial charge in [-0.05, 0) is 37.1 Å². The molecule has 0 saturated carbocycles. The third kappa shape index (κ3) is 4.32. The number of anilines is 1. The molecule has 5 nitrogen and oxygen atoms in total. The van der Waals surface area contributed by atoms with E-state index in [1.54, 1.807) is 4.90 Å². The number of benzene rings is 1. The van der Waals surface area contributed by atoms with Crippen molar-refractivity contribution in [3.8, 4) is 0 Å². The molecule has 2 aromatic rings. The molecule has 2 aliphatic rings. The molecule has 0 unspecified atom stereocenters. The average molecular weight is 428 g/mol. The summed E-state index contributed by atoms with van der Waals surface area (Å²) in [6, 6.07) is 8.40. The van der Waals surface area contributed by atoms with Crippen LogP contribution >= 0.6 is 24.0 Å². The fourth-order valence-corrected chi connectivity index (χ4v) is 4.87. The largest absolute Gasteiger partial charge is 0.378 e. The molecule has 1 aromatic heterocycles. The molecular formula is C22H25N3O2S2. The summed E-state index contributed by atoms with van der Waals surface area (Å²) < 4.78 is 6.14. The van der Waals surface area contributed by atoms with Crippen LogP contribution in [-0.2, 0) is 9.53 Å². The SMILES string of the molecule is Cc1ccc2nc(N3CCOCC3)c(/C=C3\SC(=S)N(CC(C)C)C3=O)cc2c1. The van der Waals surface area contributed by atoms with Crippen LogP contribution in [0, 0.1) is 12.8 Å². The number of carbonyl (C=O) groups is 1. The lowest BCUT2D eigenvalue weighted by Gasteiger charge is -2.29. The first-order valence-electron chi connectivity index (χ1n) is 9.92. The van der Waals surface area contributed by atoms with E-state index in [0.29, 0.717) is 34.9 Å². The number of aromatic nitrogens is 1. The number of carbonyl (C=O) groups excluding carboxylic acids is 1. The van der Waals surface area contributed by atoms with Gasteiger partial charge in [0.05, 0.1) is 23.6 Å². The Kier molecular flexibility index (Phi) is 5.90. The van der Waals surface area contributed by atoms with Gasteiger partial charge in [-0.3, -0.25) is 9.69 Å². The van der Waals surface area contributed by atoms with Crippen LogP contribution in [0.3, 0.4) is 0 Å². The highest BCUT2D eigenvalue weighted by Crippen LogP contribution is 2.35. The first-order valence-corrected chi connectivity index (χ1v) is 11.1. The zero-order valence-electron chi connectivity index (χ0n) is 17.0. The highest BCUT2D eigenvalue weighted by atomic mass is 32.2. The Hall–Kier alpha value is -1.96. The number of hydrogen-bond donors (Lipinski definition) is 0. The Morgan fingerprint density at radius 1 is 1.28 bits per heavy atom. The maximum absolute atomic E-state index is 13.0. The summed E-state index contributed by atoms with van der Waals surface area (Å²) in [5.74, 6) is 1.26. The number of pyridine rings is 1. The Morgan fingerprint density at radius 3 is 2.76 bits per heavy atom. The van der Waals surface area contributed by atoms with Gasteiger partial charge >= 0.3 is 0 Å². The molecule has 0 aliphatic carbocycles. The Labute approximate surface area is 181 Å². The van der Waals surface area contributed by atoms with E-state index in [1.807, 2.05) is 6.08 Å². The quantitative estimate of drug-likeness (QED) is 0.537. The number of thiocarbonyl (C=S) groups is 1. The van der Waals surface area contributed by atoms with Crippen molar-refractivity contribution in [1.82, 2.24) is 9.88 Å². The maximum atomic E-state index is 13.0. The summed E-state index contributed by atoms with van der Waals surface area (Å²) in [5, 5.41) is 1.07. The number of ether oxygens (including phenoxy) is 1. The van der Waals surface area contributed by atoms with Crippen LogP contribution in [0.15, 0.2) is 29.2 Å². The molecular weight excluding hydrogens is 402 g/mol. The molecule has 4 rings (SSSR count). The minimum Gasteiger partial charge on any atom is -0.378 e. The standard InChI is InChI=1S/C22H25N3O2S2/c1-14(2)13-25-21(26)19(29-22(25)28)12-17-11-16-10-15(3)4-5-18(16)23-20(17)24-6-8-27-9-7-24/h4-5,10-12,14H,6-9,13H2,1-3H3/b19-12-. The second-order valence-corrected chi connectivity index (χ2v) is 9.56. The van der Waals surface area contributed by atoms with E-state index in [-0.39, 0.29) is 5.91 Å². The van der Waals surface area contributed by atoms with Crippen LogP contribution in [0.2, 0.25) is 0 Å². The molecule has 7 heteroatoms. The summed E-state index contributed by atoms with van der Waals surface area (Å²) in [6.07, 6.45) is 1.96. The van der Waals surface area contributed by atoms with Crippen molar-refractivity contribution in [3.63, 3.8) is 0 Å². The molecule has 1 aromatic carbocycles. The Bertz CT molecular complexity index is 997. The lowest BCUT2D eigenvalue weighted by molar-refractivity contribution is -0.122. The number of nitrogens with zero attached hydrogens (tertiary/aromatic N) is 3. The van der Waals surface area contributed by atoms with Crippen molar-refractivity contribution in [3.05, 3.63) is 40.3 Å². The lowest BCUT2D eigenvalue weighted by atomic mass is 10.1. The van der Waals surface area contributed by atoms with Gasteiger partial charge in [0.25, 0.3) is 5.91 Å². The summed E-state index contributed by atoms with van der Waals surface area (Å²) in [6.45, 7) is 9.86. The molecule has 3 heterocycles. The molecule has 0 radical (unpaired) electrons. The number of thioether (sulfide) groups is 1. The van der Waals surface area contributed by atoms with Crippen LogP contribution in [0.4, 0.5) is 5.82 Å². The Balaban J connectivity index is 1.78. The number of aryl methyl sites for hydroxylation is 1. The van der Waals surface area contributed by atoms with Crippen LogP contribution in [0.1, 0.15) is 25.0 Å². The first-order chi connectivity index (χ1) is 13.9. The van der Waals surface area contributed by atoms with Crippen molar-refractivity contribution in [2.45, 2.75) is 20.8 Å². The molecule has 2 saturated heterocycles. The van der Waals surface area contributed by atoms with E-state index < -0.39 is 0 Å². The van der Waals surface area contributed by atoms with Gasteiger partial charge in [0.2, 0.25) is 0 Å². The minimum atomic E-state index is -0.00836. The zero-order chi connectivity index (χ0) is 20.5. The van der Waals surface area contributed by atoms with Gasteiger partial charge in [0, 0.05) is 30.6 Å². The van der Waals surface area contributed by atoms with Crippen molar-refractivity contribution >= 4 is 57.0 Å². The maximum Gasteiger partial charge on any atom is 0.266 e. The van der Waals surface area contributed by atoms with E-state index in [1.165, 1.54) is 17.3 Å². The molecule has 152 valence electrons. The number of hydrogen-bond acceptors (Lipinski definition) is 6. The summed E-state index contributed by atoms with van der Waals surface area (Å²) in [5.41, 5.74) is 3.10. The molecule has 0 bridgehead atoms. The van der Waals surface area contributed by atoms with Gasteiger partial charge in [-0.25, -0.2) is 4.98 Å². The second kappa shape index (κ2) is 8.42. The van der Waals surface area contributed by atoms with Gasteiger partial charge in [-0.2, -0.15) is 0 Å². The smallest absolute Gasteiger partial charge is 0.266 e. The zero-order valence-corrected chi connectivity index (χ0v) is 18.6. The third-order valence-electron chi connectivity index (χ3n) is 5.00. The fourth-order valence-electron chi connectivity index (χ4n) is 3.60. The molecule has 29 heavy (non-hydrogen) atoms. The molecule has 1 amide bonds. The number of fused-ring (bicyclic) bond motifs is 1. The van der Waals surface area contributed by atoms with Gasteiger partial charge in [-0.15, -0.1) is 0 Å². The molecule has 0 atom stereocenters. The fraction of sp³-hybridized carbons (Fsp3) is 0.409. The molecule has 0 N–H and O–H groups in total. The van der Waals surface area contributed by atoms with E-state index in [2.05, 4.69) is 49.9 Å². The number of rotatable bonds is 4. The van der Waals surface area contributed by atoms with Crippen LogP contribution in [0.5, 0.6) is 0 Å². The van der Waals surface area contributed by atoms with Gasteiger partial charge in [0.1, 0.15) is 10.1 Å². The van der Waals surface area contributed by atoms with E-state index in [0.717, 1.165) is 35.4 Å². The van der Waals surface area contributed by atoms with Crippen LogP contribution in [-0.4, -0.2) is 53.0 Å². The normalized spacial score (nSPS) is 19.2. The van der Waals surface area contributed by atoms with Gasteiger partial charge in [0.15, 0.2) is 0 Å². The average Bonchev–Trinajstić information content (AvgIpc) is 2.95. The van der Waals surface area contributed by atoms with E-state index >= 15 is 0 Å². The van der Waals surface area contributed by atoms with Crippen LogP contribution < -0.4 is 4.90 Å². The first kappa shape index (κ1) is 20.3. The molecule has 0 spiro atoms. The predicted octanol–water partition coefficient (Wildman–Crippen LogP) is 4.24. The summed E-state index contributed by atoms with van der Waals surface area (Å²) >= 11 is 6.85. The van der Waals surface area contributed by atoms with E-state index in [9.17, 15) is 4.79 Å². The van der Waals surface area contributed by atoms with Gasteiger partial charge < -0.3 is 9.64 Å². The molecule has 2 fully saturated rings. The highest BCUT2D eigenvalue weighted by Gasteiger charge is 2.32. The Morgan fingerprint density at radius 2 is 2.03 bits per heavy atom. The van der Waals surface area contributed by atoms with Crippen molar-refractivity contribution in [2.75, 3.05) is 37.7 Å². The summed E-state index contributed by atoms with van der Waals surface area (Å²) in [7, 11) is 0. The van der Waals surface area contributed by atoms with Crippen molar-refractivity contribution in [1.29, 1.82) is 0 Å². The third-order valence-corrected chi connectivity index (χ3v) is 6.37. The second-order valence-electron chi connectivity index (χ2n) is 7.88. The minimum absolute atomic E-state index is 0.00836. The highest BCUT2D eigenvalue weighted by molar-refractivity contribution is 8.26. The predicted molar refractivity (Wildman–Crippen MR) is 124 cm³/mol. The summed E-state index contributed by atoms with van der Waals surface area (Å²) in [4.78, 5) is 22.5. The van der Waals surface area contributed by atoms with Crippen molar-refractivity contribution < 1.29 is 9.53 Å². The van der Waals surface area contributed by atoms with Crippen molar-refractivity contribution in [2.24, 2.45) is 5.92 Å². The number of morpholine rings is 1. The molecule has 2 aliphatic heterocycles.